The molecule has 0 aliphatic rings. The molecule has 0 saturated heterocycles. The topological polar surface area (TPSA) is 78.5 Å². The van der Waals surface area contributed by atoms with Crippen molar-refractivity contribution in [1.82, 2.24) is 4.72 Å². The Kier molecular flexibility index (Phi) is 8.19. The molecule has 0 fully saturated rings. The van der Waals surface area contributed by atoms with E-state index in [-0.39, 0.29) is 30.1 Å². The molecule has 0 heterocycles. The van der Waals surface area contributed by atoms with Crippen molar-refractivity contribution in [2.75, 3.05) is 23.3 Å². The van der Waals surface area contributed by atoms with E-state index >= 15 is 0 Å². The van der Waals surface area contributed by atoms with Gasteiger partial charge in [-0.25, -0.2) is 17.9 Å². The van der Waals surface area contributed by atoms with Gasteiger partial charge < -0.3 is 5.32 Å². The Balaban J connectivity index is 1.67. The molecule has 0 unspecified atom stereocenters. The summed E-state index contributed by atoms with van der Waals surface area (Å²) < 4.78 is 66.2. The van der Waals surface area contributed by atoms with Crippen molar-refractivity contribution < 1.29 is 26.4 Å². The van der Waals surface area contributed by atoms with Gasteiger partial charge in [-0.1, -0.05) is 35.9 Å². The molecule has 0 atom stereocenters. The maximum Gasteiger partial charge on any atom is 0.416 e. The number of carbonyl (C=O) groups excluding carboxylic acids is 1. The van der Waals surface area contributed by atoms with Gasteiger partial charge in [0.25, 0.3) is 0 Å². The lowest BCUT2D eigenvalue weighted by molar-refractivity contribution is -0.137. The summed E-state index contributed by atoms with van der Waals surface area (Å²) in [5, 5.41) is 2.88. The highest BCUT2D eigenvalue weighted by Gasteiger charge is 2.30. The fourth-order valence-corrected chi connectivity index (χ4v) is 4.26. The second kappa shape index (κ2) is 10.9. The number of halogens is 4. The minimum Gasteiger partial charge on any atom is -0.308 e. The van der Waals surface area contributed by atoms with E-state index < -0.39 is 27.8 Å². The Bertz CT molecular complexity index is 1220. The summed E-state index contributed by atoms with van der Waals surface area (Å²) in [6.45, 7) is 0.142. The van der Waals surface area contributed by atoms with E-state index in [1.54, 1.807) is 30.3 Å². The summed E-state index contributed by atoms with van der Waals surface area (Å²) in [6.07, 6.45) is -4.29. The highest BCUT2D eigenvalue weighted by molar-refractivity contribution is 7.89. The maximum atomic E-state index is 13.0. The molecule has 6 nitrogen and oxygen atoms in total. The van der Waals surface area contributed by atoms with Crippen LogP contribution in [0.4, 0.5) is 29.3 Å². The summed E-state index contributed by atoms with van der Waals surface area (Å²) in [5.41, 5.74) is -0.384. The van der Waals surface area contributed by atoms with Crippen molar-refractivity contribution in [1.29, 1.82) is 0 Å². The maximum absolute atomic E-state index is 13.0. The van der Waals surface area contributed by atoms with Crippen LogP contribution in [0.15, 0.2) is 83.8 Å². The summed E-state index contributed by atoms with van der Waals surface area (Å²) in [4.78, 5) is 14.3. The molecule has 0 radical (unpaired) electrons. The highest BCUT2D eigenvalue weighted by atomic mass is 35.5. The zero-order chi connectivity index (χ0) is 24.8. The monoisotopic (exact) mass is 511 g/mol. The summed E-state index contributed by atoms with van der Waals surface area (Å²) >= 11 is 5.79. The number of anilines is 2. The minimum atomic E-state index is -4.54. The number of sulfonamides is 1. The van der Waals surface area contributed by atoms with Crippen molar-refractivity contribution in [2.45, 2.75) is 17.5 Å². The van der Waals surface area contributed by atoms with E-state index in [1.807, 2.05) is 0 Å². The molecule has 2 N–H and O–H groups in total. The van der Waals surface area contributed by atoms with Crippen LogP contribution in [0.5, 0.6) is 0 Å². The lowest BCUT2D eigenvalue weighted by Crippen LogP contribution is -2.37. The molecule has 3 rings (SSSR count). The second-order valence-corrected chi connectivity index (χ2v) is 9.40. The van der Waals surface area contributed by atoms with Gasteiger partial charge in [0.1, 0.15) is 0 Å². The Morgan fingerprint density at radius 3 is 2.26 bits per heavy atom. The second-order valence-electron chi connectivity index (χ2n) is 7.20. The van der Waals surface area contributed by atoms with Crippen LogP contribution in [0.25, 0.3) is 0 Å². The molecular weight excluding hydrogens is 491 g/mol. The molecule has 0 saturated carbocycles. The van der Waals surface area contributed by atoms with Gasteiger partial charge in [-0.05, 0) is 61.0 Å². The lowest BCUT2D eigenvalue weighted by Gasteiger charge is -2.23. The van der Waals surface area contributed by atoms with E-state index in [2.05, 4.69) is 10.0 Å². The minimum absolute atomic E-state index is 0.0100. The molecule has 0 bridgehead atoms. The fourth-order valence-electron chi connectivity index (χ4n) is 3.06. The first-order chi connectivity index (χ1) is 16.1. The average Bonchev–Trinajstić information content (AvgIpc) is 2.79. The first kappa shape index (κ1) is 25.5. The number of nitrogens with zero attached hydrogens (tertiary/aromatic N) is 1. The molecule has 0 spiro atoms. The summed E-state index contributed by atoms with van der Waals surface area (Å²) in [6, 6.07) is 17.9. The van der Waals surface area contributed by atoms with Crippen molar-refractivity contribution >= 4 is 39.0 Å². The van der Waals surface area contributed by atoms with E-state index in [4.69, 9.17) is 11.6 Å². The first-order valence-electron chi connectivity index (χ1n) is 10.1. The van der Waals surface area contributed by atoms with Crippen LogP contribution in [0.3, 0.4) is 0 Å². The summed E-state index contributed by atoms with van der Waals surface area (Å²) in [5.74, 6) is 0. The van der Waals surface area contributed by atoms with Crippen molar-refractivity contribution in [2.24, 2.45) is 0 Å². The molecule has 2 amide bonds. The molecule has 180 valence electrons. The molecule has 0 aliphatic carbocycles. The third-order valence-corrected chi connectivity index (χ3v) is 6.46. The van der Waals surface area contributed by atoms with Crippen molar-refractivity contribution in [3.05, 3.63) is 89.4 Å². The number of carbonyl (C=O) groups is 1. The molecule has 0 aliphatic heterocycles. The molecule has 3 aromatic rings. The molecule has 3 aromatic carbocycles. The number of rotatable bonds is 8. The standard InChI is InChI=1S/C23H21ClF3N3O3S/c24-18-10-12-21(13-11-18)34(32,33)28-14-5-15-30(20-8-2-1-3-9-20)22(31)29-19-7-4-6-17(16-19)23(25,26)27/h1-4,6-13,16,28H,5,14-15H2,(H,29,31). The van der Waals surface area contributed by atoms with E-state index in [0.29, 0.717) is 10.7 Å². The molecule has 0 aromatic heterocycles. The van der Waals surface area contributed by atoms with E-state index in [1.165, 1.54) is 41.3 Å². The van der Waals surface area contributed by atoms with Crippen LogP contribution in [-0.2, 0) is 16.2 Å². The average molecular weight is 512 g/mol. The number of nitrogens with one attached hydrogen (secondary N) is 2. The van der Waals surface area contributed by atoms with E-state index in [0.717, 1.165) is 12.1 Å². The fraction of sp³-hybridized carbons (Fsp3) is 0.174. The Hall–Kier alpha value is -3.08. The number of para-hydroxylation sites is 1. The van der Waals surface area contributed by atoms with Crippen molar-refractivity contribution in [3.8, 4) is 0 Å². The third-order valence-electron chi connectivity index (χ3n) is 4.73. The Morgan fingerprint density at radius 1 is 0.941 bits per heavy atom. The van der Waals surface area contributed by atoms with Gasteiger partial charge in [0, 0.05) is 29.5 Å². The normalized spacial score (nSPS) is 11.8. The van der Waals surface area contributed by atoms with Gasteiger partial charge in [0.05, 0.1) is 10.5 Å². The van der Waals surface area contributed by atoms with Crippen molar-refractivity contribution in [3.63, 3.8) is 0 Å². The number of urea groups is 1. The van der Waals surface area contributed by atoms with Crippen LogP contribution in [0, 0.1) is 0 Å². The van der Waals surface area contributed by atoms with Gasteiger partial charge in [-0.2, -0.15) is 13.2 Å². The third kappa shape index (κ3) is 6.96. The number of amides is 2. The number of benzene rings is 3. The van der Waals surface area contributed by atoms with Crippen LogP contribution >= 0.6 is 11.6 Å². The zero-order valence-corrected chi connectivity index (χ0v) is 19.3. The van der Waals surface area contributed by atoms with Gasteiger partial charge in [-0.3, -0.25) is 4.90 Å². The SMILES string of the molecule is O=C(Nc1cccc(C(F)(F)F)c1)N(CCCNS(=O)(=O)c1ccc(Cl)cc1)c1ccccc1. The lowest BCUT2D eigenvalue weighted by atomic mass is 10.2. The van der Waals surface area contributed by atoms with Gasteiger partial charge >= 0.3 is 12.2 Å². The largest absolute Gasteiger partial charge is 0.416 e. The molecule has 11 heteroatoms. The van der Waals surface area contributed by atoms with Crippen LogP contribution in [0.1, 0.15) is 12.0 Å². The van der Waals surface area contributed by atoms with Gasteiger partial charge in [0.15, 0.2) is 0 Å². The van der Waals surface area contributed by atoms with Crippen LogP contribution in [0.2, 0.25) is 5.02 Å². The predicted octanol–water partition coefficient (Wildman–Crippen LogP) is 5.77. The summed E-state index contributed by atoms with van der Waals surface area (Å²) in [7, 11) is -3.76. The van der Waals surface area contributed by atoms with E-state index in [9.17, 15) is 26.4 Å². The molecular formula is C23H21ClF3N3O3S. The number of alkyl halides is 3. The smallest absolute Gasteiger partial charge is 0.308 e. The highest BCUT2D eigenvalue weighted by Crippen LogP contribution is 2.30. The quantitative estimate of drug-likeness (QED) is 0.377. The Labute approximate surface area is 200 Å². The predicted molar refractivity (Wildman–Crippen MR) is 126 cm³/mol. The number of hydrogen-bond acceptors (Lipinski definition) is 3. The van der Waals surface area contributed by atoms with Gasteiger partial charge in [-0.15, -0.1) is 0 Å². The molecule has 34 heavy (non-hydrogen) atoms. The zero-order valence-electron chi connectivity index (χ0n) is 17.7. The number of hydrogen-bond donors (Lipinski definition) is 2. The Morgan fingerprint density at radius 2 is 1.62 bits per heavy atom. The van der Waals surface area contributed by atoms with Crippen LogP contribution < -0.4 is 14.9 Å². The first-order valence-corrected chi connectivity index (χ1v) is 12.0. The van der Waals surface area contributed by atoms with Gasteiger partial charge in [0.2, 0.25) is 10.0 Å². The van der Waals surface area contributed by atoms with Crippen LogP contribution in [-0.4, -0.2) is 27.5 Å².